The first-order valence-electron chi connectivity index (χ1n) is 7.36. The summed E-state index contributed by atoms with van der Waals surface area (Å²) in [7, 11) is 0. The van der Waals surface area contributed by atoms with Crippen molar-refractivity contribution < 1.29 is 22.7 Å². The number of amides is 1. The van der Waals surface area contributed by atoms with Gasteiger partial charge in [0.05, 0.1) is 5.69 Å². The van der Waals surface area contributed by atoms with Crippen LogP contribution in [-0.2, 0) is 10.2 Å². The lowest BCUT2D eigenvalue weighted by Gasteiger charge is -2.29. The summed E-state index contributed by atoms with van der Waals surface area (Å²) in [6, 6.07) is 0. The van der Waals surface area contributed by atoms with Crippen molar-refractivity contribution in [1.82, 2.24) is 10.2 Å². The van der Waals surface area contributed by atoms with Gasteiger partial charge >= 0.3 is 12.3 Å². The summed E-state index contributed by atoms with van der Waals surface area (Å²) in [4.78, 5) is 15.7. The normalized spacial score (nSPS) is 19.6. The van der Waals surface area contributed by atoms with E-state index in [0.717, 1.165) is 11.8 Å². The molecule has 10 nitrogen and oxygen atoms in total. The highest BCUT2D eigenvalue weighted by atomic mass is 19.4. The Morgan fingerprint density at radius 2 is 2.04 bits per heavy atom. The monoisotopic (exact) mass is 374 g/mol. The van der Waals surface area contributed by atoms with Crippen LogP contribution in [0.3, 0.4) is 0 Å². The molecule has 0 bridgehead atoms. The molecular formula is C13H17F3N8O2. The molecule has 3 N–H and O–H groups in total. The molecule has 142 valence electrons. The predicted molar refractivity (Wildman–Crippen MR) is 85.6 cm³/mol. The van der Waals surface area contributed by atoms with E-state index in [1.54, 1.807) is 20.8 Å². The van der Waals surface area contributed by atoms with E-state index >= 15 is 0 Å². The van der Waals surface area contributed by atoms with Crippen molar-refractivity contribution in [2.75, 3.05) is 16.9 Å². The van der Waals surface area contributed by atoms with Gasteiger partial charge in [0.15, 0.2) is 11.6 Å². The molecule has 1 aromatic heterocycles. The van der Waals surface area contributed by atoms with Gasteiger partial charge < -0.3 is 10.2 Å². The maximum atomic E-state index is 13.8. The van der Waals surface area contributed by atoms with E-state index in [1.807, 2.05) is 0 Å². The lowest BCUT2D eigenvalue weighted by molar-refractivity contribution is -0.180. The number of nitrogen functional groups attached to an aromatic ring is 1. The third kappa shape index (κ3) is 3.18. The molecule has 1 aliphatic rings. The van der Waals surface area contributed by atoms with Gasteiger partial charge in [-0.15, -0.1) is 10.2 Å². The second-order valence-corrected chi connectivity index (χ2v) is 6.83. The highest BCUT2D eigenvalue weighted by molar-refractivity contribution is 5.97. The number of rotatable bonds is 2. The number of azide groups is 1. The number of halogens is 3. The Kier molecular flexibility index (Phi) is 4.64. The number of hydrogen-bond acceptors (Lipinski definition) is 7. The molecule has 0 saturated heterocycles. The van der Waals surface area contributed by atoms with Gasteiger partial charge in [0.2, 0.25) is 0 Å². The van der Waals surface area contributed by atoms with Crippen molar-refractivity contribution >= 4 is 23.4 Å². The number of nitrogens with two attached hydrogens (primary N) is 1. The Morgan fingerprint density at radius 3 is 2.50 bits per heavy atom. The first kappa shape index (κ1) is 19.5. The fourth-order valence-electron chi connectivity index (χ4n) is 2.58. The van der Waals surface area contributed by atoms with E-state index in [9.17, 15) is 18.0 Å². The average Bonchev–Trinajstić information content (AvgIpc) is 2.82. The van der Waals surface area contributed by atoms with Crippen LogP contribution in [0.2, 0.25) is 0 Å². The molecule has 0 aromatic carbocycles. The van der Waals surface area contributed by atoms with Crippen LogP contribution in [-0.4, -0.2) is 34.6 Å². The van der Waals surface area contributed by atoms with E-state index in [-0.39, 0.29) is 11.5 Å². The van der Waals surface area contributed by atoms with Crippen molar-refractivity contribution in [1.29, 1.82) is 0 Å². The summed E-state index contributed by atoms with van der Waals surface area (Å²) in [5, 5.41) is 10.3. The SMILES string of the molecule is CC(C)(C)OC(=O)N1CC(C)(C(F)(F)F)c2c(N=[N+]=[N-])nnc(NN)c21. The van der Waals surface area contributed by atoms with Crippen LogP contribution in [0.1, 0.15) is 33.3 Å². The van der Waals surface area contributed by atoms with Crippen molar-refractivity contribution in [2.24, 2.45) is 11.0 Å². The average molecular weight is 374 g/mol. The van der Waals surface area contributed by atoms with Gasteiger partial charge in [-0.05, 0) is 38.3 Å². The number of nitrogens with one attached hydrogen (secondary N) is 1. The number of carbonyl (C=O) groups is 1. The van der Waals surface area contributed by atoms with Gasteiger partial charge in [-0.25, -0.2) is 10.6 Å². The minimum atomic E-state index is -4.78. The molecule has 0 aliphatic carbocycles. The first-order valence-corrected chi connectivity index (χ1v) is 7.36. The number of alkyl halides is 3. The maximum Gasteiger partial charge on any atom is 0.414 e. The lowest BCUT2D eigenvalue weighted by atomic mass is 9.84. The molecule has 2 heterocycles. The van der Waals surface area contributed by atoms with Crippen LogP contribution in [0.4, 0.5) is 35.3 Å². The summed E-state index contributed by atoms with van der Waals surface area (Å²) in [6.07, 6.45) is -5.81. The molecule has 26 heavy (non-hydrogen) atoms. The highest BCUT2D eigenvalue weighted by Crippen LogP contribution is 2.54. The van der Waals surface area contributed by atoms with Crippen molar-refractivity contribution in [3.05, 3.63) is 16.0 Å². The summed E-state index contributed by atoms with van der Waals surface area (Å²) in [5.74, 6) is 4.45. The molecule has 0 fully saturated rings. The van der Waals surface area contributed by atoms with Crippen LogP contribution in [0.25, 0.3) is 10.4 Å². The van der Waals surface area contributed by atoms with E-state index < -0.39 is 41.2 Å². The Labute approximate surface area is 146 Å². The summed E-state index contributed by atoms with van der Waals surface area (Å²) < 4.78 is 46.7. The molecule has 0 radical (unpaired) electrons. The van der Waals surface area contributed by atoms with Crippen LogP contribution in [0, 0.1) is 0 Å². The molecule has 13 heteroatoms. The minimum Gasteiger partial charge on any atom is -0.443 e. The molecule has 1 atom stereocenters. The lowest BCUT2D eigenvalue weighted by Crippen LogP contribution is -2.46. The Balaban J connectivity index is 2.76. The predicted octanol–water partition coefficient (Wildman–Crippen LogP) is 3.28. The van der Waals surface area contributed by atoms with Crippen LogP contribution in [0.5, 0.6) is 0 Å². The number of ether oxygens (including phenoxy) is 1. The fraction of sp³-hybridized carbons (Fsp3) is 0.615. The number of fused-ring (bicyclic) bond motifs is 1. The number of anilines is 2. The Morgan fingerprint density at radius 1 is 1.42 bits per heavy atom. The minimum absolute atomic E-state index is 0.282. The maximum absolute atomic E-state index is 13.8. The molecule has 1 unspecified atom stereocenters. The number of aromatic nitrogens is 2. The highest BCUT2D eigenvalue weighted by Gasteiger charge is 2.61. The van der Waals surface area contributed by atoms with Gasteiger partial charge in [-0.1, -0.05) is 0 Å². The zero-order chi connectivity index (χ0) is 19.9. The number of nitrogens with zero attached hydrogens (tertiary/aromatic N) is 6. The third-order valence-electron chi connectivity index (χ3n) is 3.74. The molecule has 1 amide bonds. The first-order chi connectivity index (χ1) is 11.9. The second kappa shape index (κ2) is 6.18. The van der Waals surface area contributed by atoms with Crippen molar-refractivity contribution in [3.63, 3.8) is 0 Å². The Hall–Kier alpha value is -2.79. The number of hydrazine groups is 1. The van der Waals surface area contributed by atoms with Gasteiger partial charge in [0.1, 0.15) is 11.0 Å². The number of carbonyl (C=O) groups excluding carboxylic acids is 1. The quantitative estimate of drug-likeness (QED) is 0.267. The summed E-state index contributed by atoms with van der Waals surface area (Å²) >= 11 is 0. The van der Waals surface area contributed by atoms with Gasteiger partial charge in [0.25, 0.3) is 0 Å². The third-order valence-corrected chi connectivity index (χ3v) is 3.74. The standard InChI is InChI=1S/C13H17F3N8O2/c1-11(2,3)26-10(25)24-5-12(4,13(14,15)16)6-7(24)9(19-17)21-20-8(6)22-23-18/h5,17H2,1-4H3,(H,19,21). The van der Waals surface area contributed by atoms with Gasteiger partial charge in [0, 0.05) is 17.0 Å². The largest absolute Gasteiger partial charge is 0.443 e. The van der Waals surface area contributed by atoms with E-state index in [0.29, 0.717) is 0 Å². The van der Waals surface area contributed by atoms with E-state index in [2.05, 4.69) is 25.6 Å². The van der Waals surface area contributed by atoms with Crippen LogP contribution in [0.15, 0.2) is 5.11 Å². The van der Waals surface area contributed by atoms with Gasteiger partial charge in [-0.3, -0.25) is 4.90 Å². The van der Waals surface area contributed by atoms with Crippen molar-refractivity contribution in [2.45, 2.75) is 44.9 Å². The molecule has 0 saturated carbocycles. The molecule has 1 aliphatic heterocycles. The van der Waals surface area contributed by atoms with Crippen LogP contribution < -0.4 is 16.2 Å². The smallest absolute Gasteiger partial charge is 0.414 e. The zero-order valence-electron chi connectivity index (χ0n) is 14.4. The summed E-state index contributed by atoms with van der Waals surface area (Å²) in [6.45, 7) is 4.78. The zero-order valence-corrected chi connectivity index (χ0v) is 14.4. The van der Waals surface area contributed by atoms with Gasteiger partial charge in [-0.2, -0.15) is 13.2 Å². The van der Waals surface area contributed by atoms with Crippen LogP contribution >= 0.6 is 0 Å². The number of hydrogen-bond donors (Lipinski definition) is 2. The fourth-order valence-corrected chi connectivity index (χ4v) is 2.58. The topological polar surface area (TPSA) is 142 Å². The second-order valence-electron chi connectivity index (χ2n) is 6.83. The van der Waals surface area contributed by atoms with Crippen molar-refractivity contribution in [3.8, 4) is 0 Å². The van der Waals surface area contributed by atoms with E-state index in [1.165, 1.54) is 0 Å². The molecule has 2 rings (SSSR count). The molecule has 0 spiro atoms. The Bertz CT molecular complexity index is 785. The summed E-state index contributed by atoms with van der Waals surface area (Å²) in [5.41, 5.74) is 6.44. The molecule has 1 aromatic rings. The van der Waals surface area contributed by atoms with E-state index in [4.69, 9.17) is 16.1 Å². The molecular weight excluding hydrogens is 357 g/mol.